The van der Waals surface area contributed by atoms with Crippen molar-refractivity contribution in [2.24, 2.45) is 5.92 Å². The number of hydrogen-bond donors (Lipinski definition) is 2. The topological polar surface area (TPSA) is 41.1 Å². The normalized spacial score (nSPS) is 28.1. The van der Waals surface area contributed by atoms with Crippen molar-refractivity contribution < 1.29 is 4.79 Å². The third-order valence-corrected chi connectivity index (χ3v) is 3.07. The Bertz CT molecular complexity index is 220. The van der Waals surface area contributed by atoms with E-state index in [0.29, 0.717) is 5.92 Å². The van der Waals surface area contributed by atoms with Crippen molar-refractivity contribution in [1.82, 2.24) is 10.6 Å². The van der Waals surface area contributed by atoms with Gasteiger partial charge in [-0.2, -0.15) is 0 Å². The maximum Gasteiger partial charge on any atom is 0.240 e. The average Bonchev–Trinajstić information content (AvgIpc) is 2.51. The molecule has 0 aliphatic carbocycles. The van der Waals surface area contributed by atoms with Crippen LogP contribution in [-0.2, 0) is 4.79 Å². The van der Waals surface area contributed by atoms with Gasteiger partial charge in [0.2, 0.25) is 5.91 Å². The van der Waals surface area contributed by atoms with Gasteiger partial charge in [-0.3, -0.25) is 4.79 Å². The van der Waals surface area contributed by atoms with Gasteiger partial charge in [-0.1, -0.05) is 13.8 Å². The maximum atomic E-state index is 12.0. The van der Waals surface area contributed by atoms with Gasteiger partial charge < -0.3 is 10.6 Å². The quantitative estimate of drug-likeness (QED) is 0.744. The van der Waals surface area contributed by atoms with Gasteiger partial charge >= 0.3 is 0 Å². The van der Waals surface area contributed by atoms with E-state index in [4.69, 9.17) is 0 Å². The lowest BCUT2D eigenvalue weighted by atomic mass is 9.98. The highest BCUT2D eigenvalue weighted by atomic mass is 16.2. The number of hydrogen-bond acceptors (Lipinski definition) is 2. The molecule has 15 heavy (non-hydrogen) atoms. The van der Waals surface area contributed by atoms with Crippen LogP contribution in [0.15, 0.2) is 0 Å². The van der Waals surface area contributed by atoms with Gasteiger partial charge in [0.05, 0.1) is 5.54 Å². The Balaban J connectivity index is 2.40. The van der Waals surface area contributed by atoms with Crippen LogP contribution in [-0.4, -0.2) is 24.0 Å². The lowest BCUT2D eigenvalue weighted by Gasteiger charge is -2.26. The van der Waals surface area contributed by atoms with Crippen LogP contribution in [0.5, 0.6) is 0 Å². The Hall–Kier alpha value is -0.570. The largest absolute Gasteiger partial charge is 0.352 e. The molecule has 3 heteroatoms. The number of carbonyl (C=O) groups is 1. The Morgan fingerprint density at radius 1 is 1.47 bits per heavy atom. The van der Waals surface area contributed by atoms with E-state index in [1.807, 2.05) is 6.92 Å². The smallest absolute Gasteiger partial charge is 0.240 e. The molecule has 0 radical (unpaired) electrons. The van der Waals surface area contributed by atoms with Crippen LogP contribution >= 0.6 is 0 Å². The predicted molar refractivity (Wildman–Crippen MR) is 62.7 cm³/mol. The minimum absolute atomic E-state index is 0.160. The Kier molecular flexibility index (Phi) is 4.14. The SMILES string of the molecule is CC(C)C[C@H](C)NC(=O)[C@@]1(C)CCCN1. The summed E-state index contributed by atoms with van der Waals surface area (Å²) in [5.41, 5.74) is -0.328. The molecule has 1 aliphatic heterocycles. The van der Waals surface area contributed by atoms with E-state index in [-0.39, 0.29) is 17.5 Å². The first-order chi connectivity index (χ1) is 6.94. The summed E-state index contributed by atoms with van der Waals surface area (Å²) in [5.74, 6) is 0.790. The van der Waals surface area contributed by atoms with Gasteiger partial charge in [-0.25, -0.2) is 0 Å². The monoisotopic (exact) mass is 212 g/mol. The molecule has 1 fully saturated rings. The van der Waals surface area contributed by atoms with E-state index in [2.05, 4.69) is 31.4 Å². The van der Waals surface area contributed by atoms with E-state index < -0.39 is 0 Å². The zero-order valence-electron chi connectivity index (χ0n) is 10.4. The van der Waals surface area contributed by atoms with Crippen LogP contribution < -0.4 is 10.6 Å². The molecule has 1 amide bonds. The number of amides is 1. The molecule has 0 unspecified atom stereocenters. The standard InChI is InChI=1S/C12H24N2O/c1-9(2)8-10(3)14-11(15)12(4)6-5-7-13-12/h9-10,13H,5-8H2,1-4H3,(H,14,15)/t10-,12+/m0/s1. The number of carbonyl (C=O) groups excluding carboxylic acids is 1. The van der Waals surface area contributed by atoms with Gasteiger partial charge in [0.1, 0.15) is 0 Å². The summed E-state index contributed by atoms with van der Waals surface area (Å²) in [6.45, 7) is 9.40. The van der Waals surface area contributed by atoms with Gasteiger partial charge in [-0.05, 0) is 45.6 Å². The summed E-state index contributed by atoms with van der Waals surface area (Å²) in [5, 5.41) is 6.37. The summed E-state index contributed by atoms with van der Waals surface area (Å²) in [4.78, 5) is 12.0. The van der Waals surface area contributed by atoms with Gasteiger partial charge in [0.25, 0.3) is 0 Å². The molecule has 0 spiro atoms. The molecule has 0 aromatic heterocycles. The number of nitrogens with one attached hydrogen (secondary N) is 2. The van der Waals surface area contributed by atoms with Gasteiger partial charge in [0.15, 0.2) is 0 Å². The molecule has 1 rings (SSSR count). The molecular formula is C12H24N2O. The van der Waals surface area contributed by atoms with Gasteiger partial charge in [-0.15, -0.1) is 0 Å². The minimum atomic E-state index is -0.328. The summed E-state index contributed by atoms with van der Waals surface area (Å²) in [6.07, 6.45) is 3.09. The summed E-state index contributed by atoms with van der Waals surface area (Å²) < 4.78 is 0. The highest BCUT2D eigenvalue weighted by Crippen LogP contribution is 2.19. The molecule has 0 saturated carbocycles. The Labute approximate surface area is 93.0 Å². The zero-order valence-corrected chi connectivity index (χ0v) is 10.4. The fourth-order valence-electron chi connectivity index (χ4n) is 2.24. The van der Waals surface area contributed by atoms with Crippen LogP contribution in [0.25, 0.3) is 0 Å². The zero-order chi connectivity index (χ0) is 11.5. The summed E-state index contributed by atoms with van der Waals surface area (Å²) in [6, 6.07) is 0.275. The molecule has 2 atom stereocenters. The number of rotatable bonds is 4. The highest BCUT2D eigenvalue weighted by molar-refractivity contribution is 5.86. The predicted octanol–water partition coefficient (Wildman–Crippen LogP) is 1.68. The lowest BCUT2D eigenvalue weighted by molar-refractivity contribution is -0.127. The molecular weight excluding hydrogens is 188 g/mol. The molecule has 0 bridgehead atoms. The highest BCUT2D eigenvalue weighted by Gasteiger charge is 2.36. The molecule has 0 aromatic carbocycles. The molecule has 1 aliphatic rings. The van der Waals surface area contributed by atoms with Crippen LogP contribution in [0, 0.1) is 5.92 Å². The van der Waals surface area contributed by atoms with E-state index >= 15 is 0 Å². The molecule has 2 N–H and O–H groups in total. The first kappa shape index (κ1) is 12.5. The van der Waals surface area contributed by atoms with E-state index in [1.54, 1.807) is 0 Å². The second-order valence-electron chi connectivity index (χ2n) is 5.37. The van der Waals surface area contributed by atoms with Crippen molar-refractivity contribution in [1.29, 1.82) is 0 Å². The van der Waals surface area contributed by atoms with Crippen LogP contribution in [0.4, 0.5) is 0 Å². The first-order valence-electron chi connectivity index (χ1n) is 6.00. The maximum absolute atomic E-state index is 12.0. The van der Waals surface area contributed by atoms with E-state index in [9.17, 15) is 4.79 Å². The fraction of sp³-hybridized carbons (Fsp3) is 0.917. The first-order valence-corrected chi connectivity index (χ1v) is 6.00. The average molecular weight is 212 g/mol. The summed E-state index contributed by atoms with van der Waals surface area (Å²) >= 11 is 0. The molecule has 88 valence electrons. The van der Waals surface area contributed by atoms with Crippen LogP contribution in [0.3, 0.4) is 0 Å². The summed E-state index contributed by atoms with van der Waals surface area (Å²) in [7, 11) is 0. The van der Waals surface area contributed by atoms with Crippen molar-refractivity contribution in [2.45, 2.75) is 58.5 Å². The van der Waals surface area contributed by atoms with Crippen LogP contribution in [0.1, 0.15) is 47.0 Å². The van der Waals surface area contributed by atoms with E-state index in [0.717, 1.165) is 25.8 Å². The second kappa shape index (κ2) is 4.97. The van der Waals surface area contributed by atoms with Crippen molar-refractivity contribution in [3.8, 4) is 0 Å². The Morgan fingerprint density at radius 2 is 2.13 bits per heavy atom. The van der Waals surface area contributed by atoms with E-state index in [1.165, 1.54) is 0 Å². The third-order valence-electron chi connectivity index (χ3n) is 3.07. The molecule has 0 aromatic rings. The third kappa shape index (κ3) is 3.49. The fourth-order valence-corrected chi connectivity index (χ4v) is 2.24. The van der Waals surface area contributed by atoms with Crippen LogP contribution in [0.2, 0.25) is 0 Å². The van der Waals surface area contributed by atoms with Gasteiger partial charge in [0, 0.05) is 6.04 Å². The molecule has 1 saturated heterocycles. The molecule has 1 heterocycles. The Morgan fingerprint density at radius 3 is 2.60 bits per heavy atom. The van der Waals surface area contributed by atoms with Crippen molar-refractivity contribution >= 4 is 5.91 Å². The second-order valence-corrected chi connectivity index (χ2v) is 5.37. The lowest BCUT2D eigenvalue weighted by Crippen LogP contribution is -2.53. The molecule has 3 nitrogen and oxygen atoms in total. The van der Waals surface area contributed by atoms with Crippen molar-refractivity contribution in [3.63, 3.8) is 0 Å². The minimum Gasteiger partial charge on any atom is -0.352 e. The van der Waals surface area contributed by atoms with Crippen molar-refractivity contribution in [2.75, 3.05) is 6.54 Å². The van der Waals surface area contributed by atoms with Crippen molar-refractivity contribution in [3.05, 3.63) is 0 Å².